The number of hydrogen-bond acceptors (Lipinski definition) is 9. The van der Waals surface area contributed by atoms with Gasteiger partial charge in [0.15, 0.2) is 0 Å². The van der Waals surface area contributed by atoms with Crippen LogP contribution in [0.4, 0.5) is 0 Å². The Morgan fingerprint density at radius 1 is 0.591 bits per heavy atom. The third-order valence-electron chi connectivity index (χ3n) is 2.97. The van der Waals surface area contributed by atoms with E-state index in [0.717, 1.165) is 31.3 Å². The molecule has 0 atom stereocenters. The maximum atomic E-state index is 10.3. The number of Topliss-reactive ketones (excluding diaryl/α,β-unsaturated/α-hetero) is 6. The minimum absolute atomic E-state index is 0.0625. The summed E-state index contributed by atoms with van der Waals surface area (Å²) in [6.45, 7) is 28.7. The Kier molecular flexibility index (Phi) is 60.3. The van der Waals surface area contributed by atoms with Gasteiger partial charge in [0.2, 0.25) is 0 Å². The maximum absolute atomic E-state index is 10.3. The van der Waals surface area contributed by atoms with Gasteiger partial charge >= 0.3 is 0 Å². The summed E-state index contributed by atoms with van der Waals surface area (Å²) in [5.74, 6) is 1.54. The number of ketones is 6. The van der Waals surface area contributed by atoms with Crippen molar-refractivity contribution in [1.82, 2.24) is 0 Å². The fraction of sp³-hybridized carbons (Fsp3) is 0.818. The van der Waals surface area contributed by atoms with E-state index >= 15 is 0 Å². The lowest BCUT2D eigenvalue weighted by Crippen LogP contribution is -1.97. The van der Waals surface area contributed by atoms with Crippen LogP contribution in [0.3, 0.4) is 0 Å². The molecule has 0 aromatic carbocycles. The summed E-state index contributed by atoms with van der Waals surface area (Å²) in [5, 5.41) is 0. The molecule has 9 nitrogen and oxygen atoms in total. The molecule has 0 fully saturated rings. The van der Waals surface area contributed by atoms with Gasteiger partial charge in [-0.1, -0.05) is 54.4 Å². The maximum Gasteiger partial charge on any atom is 0.144 e. The van der Waals surface area contributed by atoms with Crippen molar-refractivity contribution in [3.8, 4) is 0 Å². The molecule has 0 rings (SSSR count). The Hall–Kier alpha value is -1.80. The highest BCUT2D eigenvalue weighted by Gasteiger charge is 1.96. The van der Waals surface area contributed by atoms with Crippen LogP contribution < -0.4 is 0 Å². The Bertz CT molecular complexity index is 823. The molecular formula is C33H71O9PS. The van der Waals surface area contributed by atoms with Crippen LogP contribution in [-0.4, -0.2) is 75.6 Å². The average molecular weight is 675 g/mol. The third-order valence-corrected chi connectivity index (χ3v) is 2.97. The van der Waals surface area contributed by atoms with Gasteiger partial charge in [0.25, 0.3) is 0 Å². The van der Waals surface area contributed by atoms with Gasteiger partial charge in [-0.2, -0.15) is 0 Å². The first-order chi connectivity index (χ1) is 19.4. The van der Waals surface area contributed by atoms with Gasteiger partial charge in [-0.15, -0.1) is 0 Å². The van der Waals surface area contributed by atoms with Gasteiger partial charge in [-0.3, -0.25) is 9.59 Å². The molecule has 0 amide bonds. The van der Waals surface area contributed by atoms with Gasteiger partial charge < -0.3 is 23.7 Å². The van der Waals surface area contributed by atoms with E-state index in [0.29, 0.717) is 19.3 Å². The van der Waals surface area contributed by atoms with Crippen LogP contribution in [0.1, 0.15) is 141 Å². The highest BCUT2D eigenvalue weighted by atomic mass is 32.2. The van der Waals surface area contributed by atoms with Gasteiger partial charge in [-0.05, 0) is 87.2 Å². The van der Waals surface area contributed by atoms with Crippen molar-refractivity contribution in [3.63, 3.8) is 0 Å². The van der Waals surface area contributed by atoms with Crippen molar-refractivity contribution in [3.05, 3.63) is 0 Å². The topological polar surface area (TPSA) is 154 Å². The zero-order valence-corrected chi connectivity index (χ0v) is 33.5. The molecule has 268 valence electrons. The molecule has 0 aliphatic carbocycles. The van der Waals surface area contributed by atoms with Crippen molar-refractivity contribution in [1.29, 1.82) is 0 Å². The van der Waals surface area contributed by atoms with Crippen molar-refractivity contribution in [2.45, 2.75) is 141 Å². The van der Waals surface area contributed by atoms with Crippen LogP contribution in [-0.2, 0) is 43.2 Å². The van der Waals surface area contributed by atoms with Crippen LogP contribution >= 0.6 is 7.14 Å². The number of carbonyl (C=O) groups is 6. The molecule has 0 saturated carbocycles. The summed E-state index contributed by atoms with van der Waals surface area (Å²) in [7, 11) is -4.31. The fourth-order valence-corrected chi connectivity index (χ4v) is 1.29. The quantitative estimate of drug-likeness (QED) is 0.174. The molecule has 0 radical (unpaired) electrons. The van der Waals surface area contributed by atoms with E-state index in [4.69, 9.17) is 0 Å². The van der Waals surface area contributed by atoms with Crippen molar-refractivity contribution < 1.29 is 41.8 Å². The van der Waals surface area contributed by atoms with E-state index in [9.17, 15) is 41.8 Å². The van der Waals surface area contributed by atoms with Crippen LogP contribution in [0.2, 0.25) is 0 Å². The molecule has 0 aliphatic heterocycles. The molecule has 0 heterocycles. The molecule has 0 spiro atoms. The SMILES string of the molecule is CC(=O)CC(C)=O.CC(=O)CCCC(C)=O.CC(C)=O.CCC.CCC(C)C.CCCC(C)=O.CP(C)(C)=O.CS(C)(=O)=O. The molecule has 0 aliphatic rings. The average Bonchev–Trinajstić information content (AvgIpc) is 2.71. The molecule has 0 saturated heterocycles. The highest BCUT2D eigenvalue weighted by molar-refractivity contribution is 7.89. The summed E-state index contributed by atoms with van der Waals surface area (Å²) in [6.07, 6.45) is 8.47. The predicted molar refractivity (Wildman–Crippen MR) is 190 cm³/mol. The first-order valence-electron chi connectivity index (χ1n) is 15.1. The molecule has 0 aromatic heterocycles. The number of sulfone groups is 1. The zero-order chi connectivity index (χ0) is 37.7. The van der Waals surface area contributed by atoms with Crippen molar-refractivity contribution >= 4 is 51.7 Å². The van der Waals surface area contributed by atoms with E-state index < -0.39 is 17.0 Å². The lowest BCUT2D eigenvalue weighted by atomic mass is 10.1. The summed E-state index contributed by atoms with van der Waals surface area (Å²) in [4.78, 5) is 60.2. The van der Waals surface area contributed by atoms with Crippen molar-refractivity contribution in [2.75, 3.05) is 32.5 Å². The summed E-state index contributed by atoms with van der Waals surface area (Å²) in [6, 6.07) is 0. The van der Waals surface area contributed by atoms with Crippen LogP contribution in [0, 0.1) is 5.92 Å². The molecule has 44 heavy (non-hydrogen) atoms. The Labute approximate surface area is 272 Å². The molecule has 0 N–H and O–H groups in total. The minimum Gasteiger partial charge on any atom is -0.324 e. The largest absolute Gasteiger partial charge is 0.324 e. The Morgan fingerprint density at radius 2 is 0.773 bits per heavy atom. The lowest BCUT2D eigenvalue weighted by molar-refractivity contribution is -0.125. The summed E-state index contributed by atoms with van der Waals surface area (Å²) < 4.78 is 29.5. The Balaban J connectivity index is -0.0000000572. The third kappa shape index (κ3) is 355. The molecular weight excluding hydrogens is 603 g/mol. The highest BCUT2D eigenvalue weighted by Crippen LogP contribution is 2.28. The van der Waals surface area contributed by atoms with Gasteiger partial charge in [0, 0.05) is 31.8 Å². The van der Waals surface area contributed by atoms with Crippen LogP contribution in [0.5, 0.6) is 0 Å². The molecule has 0 unspecified atom stereocenters. The Morgan fingerprint density at radius 3 is 0.818 bits per heavy atom. The molecule has 0 aromatic rings. The van der Waals surface area contributed by atoms with Crippen LogP contribution in [0.25, 0.3) is 0 Å². The standard InChI is InChI=1S/C7H12O2.C5H8O2.C5H10O.C5H12.C3H9OP.C3H6O.C3H8.C2H6O2S/c1-6(8)4-3-5-7(2)9;1-4(6)3-5(2)7;1-3-4-5(2)6;1-4-5(2)3;1-5(2,3)4;1-3(2)4;1-3-2;1-5(2,3)4/h3-5H2,1-2H3;3H2,1-2H3;3-4H2,1-2H3;5H,4H2,1-3H3;1-3H3;1-2H3;3H2,1-2H3;1-2H3. The summed E-state index contributed by atoms with van der Waals surface area (Å²) in [5.41, 5.74) is 0. The van der Waals surface area contributed by atoms with E-state index in [1.165, 1.54) is 40.5 Å². The van der Waals surface area contributed by atoms with E-state index in [1.54, 1.807) is 40.8 Å². The van der Waals surface area contributed by atoms with Gasteiger partial charge in [-0.25, -0.2) is 8.42 Å². The molecule has 11 heteroatoms. The predicted octanol–water partition coefficient (Wildman–Crippen LogP) is 8.23. The number of hydrogen-bond donors (Lipinski definition) is 0. The number of carbonyl (C=O) groups excluding carboxylic acids is 6. The fourth-order valence-electron chi connectivity index (χ4n) is 1.29. The van der Waals surface area contributed by atoms with E-state index in [-0.39, 0.29) is 41.1 Å². The van der Waals surface area contributed by atoms with Gasteiger partial charge in [0.1, 0.15) is 44.5 Å². The monoisotopic (exact) mass is 674 g/mol. The van der Waals surface area contributed by atoms with E-state index in [2.05, 4.69) is 34.6 Å². The summed E-state index contributed by atoms with van der Waals surface area (Å²) >= 11 is 0. The lowest BCUT2D eigenvalue weighted by Gasteiger charge is -1.90. The molecule has 0 bridgehead atoms. The van der Waals surface area contributed by atoms with Crippen LogP contribution in [0.15, 0.2) is 0 Å². The second kappa shape index (κ2) is 43.3. The second-order valence-corrected chi connectivity index (χ2v) is 17.8. The zero-order valence-electron chi connectivity index (χ0n) is 31.8. The second-order valence-electron chi connectivity index (χ2n) is 11.7. The first-order valence-corrected chi connectivity index (χ1v) is 20.4. The number of rotatable bonds is 9. The van der Waals surface area contributed by atoms with Gasteiger partial charge in [0.05, 0.1) is 13.6 Å². The normalized spacial score (nSPS) is 9.07. The smallest absolute Gasteiger partial charge is 0.144 e. The first kappa shape index (κ1) is 61.2. The van der Waals surface area contributed by atoms with E-state index in [1.807, 2.05) is 6.92 Å². The van der Waals surface area contributed by atoms with Crippen molar-refractivity contribution in [2.24, 2.45) is 5.92 Å². The minimum atomic E-state index is -2.67.